The van der Waals surface area contributed by atoms with Gasteiger partial charge in [-0.2, -0.15) is 0 Å². The molecule has 27 heavy (non-hydrogen) atoms. The van der Waals surface area contributed by atoms with E-state index in [1.54, 1.807) is 11.1 Å². The van der Waals surface area contributed by atoms with E-state index in [1.807, 2.05) is 6.07 Å². The van der Waals surface area contributed by atoms with Gasteiger partial charge in [-0.05, 0) is 92.0 Å². The summed E-state index contributed by atoms with van der Waals surface area (Å²) >= 11 is 0. The highest BCUT2D eigenvalue weighted by atomic mass is 16.3. The molecule has 1 fully saturated rings. The first-order valence-electron chi connectivity index (χ1n) is 10.6. The summed E-state index contributed by atoms with van der Waals surface area (Å²) in [5, 5.41) is 10.3. The van der Waals surface area contributed by atoms with Crippen LogP contribution in [-0.4, -0.2) is 5.11 Å². The summed E-state index contributed by atoms with van der Waals surface area (Å²) in [5.74, 6) is 0.459. The molecule has 5 rings (SSSR count). The Morgan fingerprint density at radius 2 is 1.70 bits per heavy atom. The van der Waals surface area contributed by atoms with E-state index in [-0.39, 0.29) is 5.41 Å². The van der Waals surface area contributed by atoms with Crippen LogP contribution < -0.4 is 0 Å². The fraction of sp³-hybridized carbons (Fsp3) is 0.462. The van der Waals surface area contributed by atoms with E-state index < -0.39 is 0 Å². The number of rotatable bonds is 2. The number of allylic oxidation sites excluding steroid dienone is 2. The van der Waals surface area contributed by atoms with Crippen molar-refractivity contribution in [2.24, 2.45) is 5.41 Å². The van der Waals surface area contributed by atoms with E-state index in [0.717, 1.165) is 18.4 Å². The maximum atomic E-state index is 10.3. The first kappa shape index (κ1) is 17.1. The Morgan fingerprint density at radius 1 is 0.889 bits per heavy atom. The van der Waals surface area contributed by atoms with E-state index in [1.165, 1.54) is 55.2 Å². The normalized spacial score (nSPS) is 29.3. The lowest BCUT2D eigenvalue weighted by Gasteiger charge is -2.50. The highest BCUT2D eigenvalue weighted by Crippen LogP contribution is 2.61. The van der Waals surface area contributed by atoms with Crippen LogP contribution in [0.15, 0.2) is 53.6 Å². The molecule has 0 bridgehead atoms. The van der Waals surface area contributed by atoms with Crippen LogP contribution in [0, 0.1) is 12.3 Å². The number of aromatic hydroxyl groups is 1. The predicted octanol–water partition coefficient (Wildman–Crippen LogP) is 6.41. The van der Waals surface area contributed by atoms with Gasteiger partial charge < -0.3 is 5.11 Å². The van der Waals surface area contributed by atoms with Crippen LogP contribution in [0.1, 0.15) is 67.7 Å². The molecule has 2 aromatic rings. The average molecular weight is 359 g/mol. The Morgan fingerprint density at radius 3 is 2.52 bits per heavy atom. The summed E-state index contributed by atoms with van der Waals surface area (Å²) in [7, 11) is 0. The molecule has 0 heterocycles. The minimum Gasteiger partial charge on any atom is -0.508 e. The lowest BCUT2D eigenvalue weighted by atomic mass is 9.53. The van der Waals surface area contributed by atoms with Crippen LogP contribution in [0.25, 0.3) is 0 Å². The van der Waals surface area contributed by atoms with Gasteiger partial charge in [0.25, 0.3) is 0 Å². The molecule has 1 N–H and O–H groups in total. The molecule has 2 unspecified atom stereocenters. The number of hydrogen-bond acceptors (Lipinski definition) is 1. The first-order valence-corrected chi connectivity index (χ1v) is 10.6. The van der Waals surface area contributed by atoms with Gasteiger partial charge in [-0.15, -0.1) is 0 Å². The van der Waals surface area contributed by atoms with Crippen LogP contribution in [0.5, 0.6) is 5.75 Å². The molecular formula is C26H30O. The Bertz CT molecular complexity index is 923. The van der Waals surface area contributed by atoms with E-state index >= 15 is 0 Å². The smallest absolute Gasteiger partial charge is 0.118 e. The van der Waals surface area contributed by atoms with Gasteiger partial charge in [0.15, 0.2) is 0 Å². The second-order valence-electron chi connectivity index (χ2n) is 9.35. The predicted molar refractivity (Wildman–Crippen MR) is 111 cm³/mol. The van der Waals surface area contributed by atoms with Crippen molar-refractivity contribution < 1.29 is 5.11 Å². The summed E-state index contributed by atoms with van der Waals surface area (Å²) in [5.41, 5.74) is 9.59. The topological polar surface area (TPSA) is 20.2 Å². The maximum Gasteiger partial charge on any atom is 0.118 e. The summed E-state index contributed by atoms with van der Waals surface area (Å²) in [6.45, 7) is 4.62. The quantitative estimate of drug-likeness (QED) is 0.615. The van der Waals surface area contributed by atoms with E-state index in [2.05, 4.69) is 50.2 Å². The van der Waals surface area contributed by atoms with E-state index in [0.29, 0.717) is 11.2 Å². The van der Waals surface area contributed by atoms with Crippen LogP contribution in [-0.2, 0) is 18.3 Å². The van der Waals surface area contributed by atoms with Crippen molar-refractivity contribution in [2.45, 2.75) is 70.6 Å². The van der Waals surface area contributed by atoms with Crippen molar-refractivity contribution in [1.82, 2.24) is 0 Å². The molecule has 2 aromatic carbocycles. The number of phenols is 1. The van der Waals surface area contributed by atoms with Gasteiger partial charge in [-0.1, -0.05) is 54.5 Å². The van der Waals surface area contributed by atoms with Crippen molar-refractivity contribution >= 4 is 0 Å². The van der Waals surface area contributed by atoms with Gasteiger partial charge in [0.2, 0.25) is 0 Å². The highest BCUT2D eigenvalue weighted by Gasteiger charge is 2.50. The molecule has 1 heteroatoms. The standard InChI is InChI=1S/C26H30O/c1-18-20-10-11-23-22-9-6-14-25(22,2)15-16-26(23,21(20)12-13-24(18)27)17-19-7-4-3-5-8-19/h3-5,7-8,12-13,27H,6,9-11,14-17H2,1-2H3. The number of fused-ring (bicyclic) bond motifs is 4. The minimum atomic E-state index is 0.132. The number of hydrogen-bond donors (Lipinski definition) is 1. The Hall–Kier alpha value is -2.02. The second kappa shape index (κ2) is 5.99. The largest absolute Gasteiger partial charge is 0.508 e. The summed E-state index contributed by atoms with van der Waals surface area (Å²) in [6.07, 6.45) is 9.93. The molecule has 1 nitrogen and oxygen atoms in total. The van der Waals surface area contributed by atoms with Gasteiger partial charge in [0.1, 0.15) is 5.75 Å². The number of phenolic OH excluding ortho intramolecular Hbond substituents is 1. The molecule has 3 aliphatic carbocycles. The van der Waals surface area contributed by atoms with Gasteiger partial charge in [-0.25, -0.2) is 0 Å². The maximum absolute atomic E-state index is 10.3. The molecule has 0 aromatic heterocycles. The molecule has 3 aliphatic rings. The van der Waals surface area contributed by atoms with Gasteiger partial charge in [-0.3, -0.25) is 0 Å². The van der Waals surface area contributed by atoms with Crippen molar-refractivity contribution in [2.75, 3.05) is 0 Å². The third kappa shape index (κ3) is 2.43. The van der Waals surface area contributed by atoms with Crippen LogP contribution >= 0.6 is 0 Å². The molecule has 0 saturated heterocycles. The van der Waals surface area contributed by atoms with Crippen molar-refractivity contribution in [3.63, 3.8) is 0 Å². The minimum absolute atomic E-state index is 0.132. The van der Waals surface area contributed by atoms with Gasteiger partial charge in [0, 0.05) is 5.41 Å². The monoisotopic (exact) mass is 358 g/mol. The van der Waals surface area contributed by atoms with Gasteiger partial charge in [0.05, 0.1) is 0 Å². The van der Waals surface area contributed by atoms with Crippen molar-refractivity contribution in [1.29, 1.82) is 0 Å². The molecular weight excluding hydrogens is 328 g/mol. The Labute approximate surface area is 163 Å². The zero-order valence-corrected chi connectivity index (χ0v) is 16.6. The summed E-state index contributed by atoms with van der Waals surface area (Å²) < 4.78 is 0. The first-order chi connectivity index (χ1) is 13.0. The zero-order valence-electron chi connectivity index (χ0n) is 16.6. The lowest BCUT2D eigenvalue weighted by Crippen LogP contribution is -2.42. The third-order valence-electron chi connectivity index (χ3n) is 7.99. The molecule has 140 valence electrons. The van der Waals surface area contributed by atoms with Crippen molar-refractivity contribution in [3.8, 4) is 5.75 Å². The fourth-order valence-corrected chi connectivity index (χ4v) is 6.52. The third-order valence-corrected chi connectivity index (χ3v) is 7.99. The molecule has 1 saturated carbocycles. The Kier molecular flexibility index (Phi) is 3.79. The summed E-state index contributed by atoms with van der Waals surface area (Å²) in [6, 6.07) is 15.2. The van der Waals surface area contributed by atoms with Crippen LogP contribution in [0.3, 0.4) is 0 Å². The van der Waals surface area contributed by atoms with Gasteiger partial charge >= 0.3 is 0 Å². The van der Waals surface area contributed by atoms with Crippen molar-refractivity contribution in [3.05, 3.63) is 75.9 Å². The second-order valence-corrected chi connectivity index (χ2v) is 9.35. The average Bonchev–Trinajstić information content (AvgIpc) is 3.07. The summed E-state index contributed by atoms with van der Waals surface area (Å²) in [4.78, 5) is 0. The highest BCUT2D eigenvalue weighted by molar-refractivity contribution is 5.56. The lowest BCUT2D eigenvalue weighted by molar-refractivity contribution is 0.264. The molecule has 0 spiro atoms. The number of benzene rings is 2. The van der Waals surface area contributed by atoms with E-state index in [9.17, 15) is 5.11 Å². The van der Waals surface area contributed by atoms with Crippen LogP contribution in [0.4, 0.5) is 0 Å². The Balaban J connectivity index is 1.75. The van der Waals surface area contributed by atoms with E-state index in [4.69, 9.17) is 0 Å². The zero-order chi connectivity index (χ0) is 18.6. The fourth-order valence-electron chi connectivity index (χ4n) is 6.52. The van der Waals surface area contributed by atoms with Crippen LogP contribution in [0.2, 0.25) is 0 Å². The molecule has 0 amide bonds. The molecule has 0 radical (unpaired) electrons. The molecule has 2 atom stereocenters. The molecule has 0 aliphatic heterocycles. The SMILES string of the molecule is Cc1c(O)ccc2c1CCC1=C3CCCC3(C)CCC12Cc1ccccc1.